The average Bonchev–Trinajstić information content (AvgIpc) is 2.34. The fraction of sp³-hybridized carbons (Fsp3) is 0.571. The number of carbonyl (C=O) groups is 1. The quantitative estimate of drug-likeness (QED) is 0.572. The first-order valence-electron chi connectivity index (χ1n) is 3.37. The fourth-order valence-corrected chi connectivity index (χ4v) is 1.18. The monoisotopic (exact) mass is 141 g/mol. The Morgan fingerprint density at radius 1 is 1.80 bits per heavy atom. The highest BCUT2D eigenvalue weighted by Crippen LogP contribution is 2.14. The Morgan fingerprint density at radius 2 is 2.50 bits per heavy atom. The van der Waals surface area contributed by atoms with Gasteiger partial charge in [0, 0.05) is 6.54 Å². The Morgan fingerprint density at radius 3 is 2.90 bits per heavy atom. The Kier molecular flexibility index (Phi) is 2.19. The Balaban J connectivity index is 2.54. The maximum atomic E-state index is 10.9. The molecule has 0 spiro atoms. The number of carbonyl (C=O) groups excluding carboxylic acids is 1. The van der Waals surface area contributed by atoms with Gasteiger partial charge in [-0.1, -0.05) is 6.58 Å². The van der Waals surface area contributed by atoms with Crippen LogP contribution in [0.2, 0.25) is 0 Å². The van der Waals surface area contributed by atoms with Gasteiger partial charge in [-0.25, -0.2) is 0 Å². The summed E-state index contributed by atoms with van der Waals surface area (Å²) in [5.41, 5.74) is 0. The first-order valence-corrected chi connectivity index (χ1v) is 3.37. The molecule has 0 bridgehead atoms. The predicted molar refractivity (Wildman–Crippen MR) is 36.7 cm³/mol. The fourth-order valence-electron chi connectivity index (χ4n) is 1.18. The number of rotatable bonds is 2. The van der Waals surface area contributed by atoms with E-state index in [1.807, 2.05) is 0 Å². The highest BCUT2D eigenvalue weighted by atomic mass is 16.5. The van der Waals surface area contributed by atoms with Crippen LogP contribution in [0, 0.1) is 0 Å². The van der Waals surface area contributed by atoms with Crippen LogP contribution in [0.1, 0.15) is 12.8 Å². The molecule has 1 heterocycles. The van der Waals surface area contributed by atoms with Gasteiger partial charge in [0.15, 0.2) is 5.78 Å². The highest BCUT2D eigenvalue weighted by Gasteiger charge is 2.27. The summed E-state index contributed by atoms with van der Waals surface area (Å²) in [4.78, 5) is 10.9. The van der Waals surface area contributed by atoms with Gasteiger partial charge in [-0.3, -0.25) is 4.79 Å². The van der Waals surface area contributed by atoms with Crippen molar-refractivity contribution >= 4 is 5.78 Å². The molecule has 3 heteroatoms. The lowest BCUT2D eigenvalue weighted by Crippen LogP contribution is -2.31. The molecule has 3 nitrogen and oxygen atoms in total. The van der Waals surface area contributed by atoms with Crippen LogP contribution in [-0.2, 0) is 4.79 Å². The summed E-state index contributed by atoms with van der Waals surface area (Å²) in [7, 11) is 0. The van der Waals surface area contributed by atoms with E-state index in [0.717, 1.165) is 17.9 Å². The molecule has 0 aromatic heterocycles. The van der Waals surface area contributed by atoms with Crippen LogP contribution in [0.4, 0.5) is 0 Å². The van der Waals surface area contributed by atoms with Crippen molar-refractivity contribution in [2.24, 2.45) is 0 Å². The zero-order valence-electron chi connectivity index (χ0n) is 5.79. The number of ketones is 1. The lowest BCUT2D eigenvalue weighted by Gasteiger charge is -2.13. The Hall–Kier alpha value is -0.670. The second-order valence-corrected chi connectivity index (χ2v) is 2.43. The maximum Gasteiger partial charge on any atom is 0.174 e. The second kappa shape index (κ2) is 2.94. The molecule has 0 aromatic carbocycles. The van der Waals surface area contributed by atoms with Gasteiger partial charge in [-0.05, 0) is 18.9 Å². The Bertz CT molecular complexity index is 156. The molecule has 1 rings (SSSR count). The molecule has 1 atom stereocenters. The Labute approximate surface area is 59.9 Å². The summed E-state index contributed by atoms with van der Waals surface area (Å²) in [6.07, 6.45) is 2.90. The van der Waals surface area contributed by atoms with Gasteiger partial charge in [0.25, 0.3) is 0 Å². The van der Waals surface area contributed by atoms with E-state index < -0.39 is 0 Å². The summed E-state index contributed by atoms with van der Waals surface area (Å²) in [5.74, 6) is -0.0833. The number of hydrogen-bond donors (Lipinski definition) is 1. The van der Waals surface area contributed by atoms with Crippen LogP contribution in [0.25, 0.3) is 0 Å². The minimum Gasteiger partial charge on any atom is -0.313 e. The van der Waals surface area contributed by atoms with E-state index in [9.17, 15) is 4.79 Å². The first kappa shape index (κ1) is 7.44. The van der Waals surface area contributed by atoms with Crippen LogP contribution in [0.3, 0.4) is 0 Å². The molecule has 56 valence electrons. The molecule has 10 heavy (non-hydrogen) atoms. The lowest BCUT2D eigenvalue weighted by molar-refractivity contribution is -0.139. The molecule has 1 unspecified atom stereocenters. The number of hydrogen-bond acceptors (Lipinski definition) is 3. The van der Waals surface area contributed by atoms with Gasteiger partial charge in [0.1, 0.15) is 0 Å². The third-order valence-electron chi connectivity index (χ3n) is 1.75. The van der Waals surface area contributed by atoms with E-state index >= 15 is 0 Å². The molecule has 0 radical (unpaired) electrons. The van der Waals surface area contributed by atoms with Crippen molar-refractivity contribution in [3.05, 3.63) is 12.7 Å². The van der Waals surface area contributed by atoms with Gasteiger partial charge >= 0.3 is 0 Å². The van der Waals surface area contributed by atoms with E-state index in [1.165, 1.54) is 6.08 Å². The number of nitrogens with zero attached hydrogens (tertiary/aromatic N) is 1. The van der Waals surface area contributed by atoms with Crippen molar-refractivity contribution < 1.29 is 10.0 Å². The SMILES string of the molecule is C=CC(=O)C1CCCN1O. The van der Waals surface area contributed by atoms with Gasteiger partial charge in [0.05, 0.1) is 6.04 Å². The van der Waals surface area contributed by atoms with Gasteiger partial charge in [-0.2, -0.15) is 5.06 Å². The highest BCUT2D eigenvalue weighted by molar-refractivity contribution is 5.93. The van der Waals surface area contributed by atoms with Crippen molar-refractivity contribution in [3.63, 3.8) is 0 Å². The van der Waals surface area contributed by atoms with Crippen molar-refractivity contribution in [2.75, 3.05) is 6.54 Å². The van der Waals surface area contributed by atoms with E-state index in [1.54, 1.807) is 0 Å². The normalized spacial score (nSPS) is 26.7. The zero-order valence-corrected chi connectivity index (χ0v) is 5.79. The van der Waals surface area contributed by atoms with Gasteiger partial charge in [-0.15, -0.1) is 0 Å². The zero-order chi connectivity index (χ0) is 7.56. The van der Waals surface area contributed by atoms with Crippen molar-refractivity contribution in [1.29, 1.82) is 0 Å². The van der Waals surface area contributed by atoms with Crippen LogP contribution in [0.15, 0.2) is 12.7 Å². The molecule has 0 aromatic rings. The third-order valence-corrected chi connectivity index (χ3v) is 1.75. The minimum atomic E-state index is -0.322. The van der Waals surface area contributed by atoms with Crippen molar-refractivity contribution in [2.45, 2.75) is 18.9 Å². The van der Waals surface area contributed by atoms with Crippen LogP contribution >= 0.6 is 0 Å². The van der Waals surface area contributed by atoms with Crippen LogP contribution < -0.4 is 0 Å². The summed E-state index contributed by atoms with van der Waals surface area (Å²) >= 11 is 0. The molecular formula is C7H11NO2. The van der Waals surface area contributed by atoms with Crippen LogP contribution in [-0.4, -0.2) is 28.6 Å². The molecule has 0 amide bonds. The summed E-state index contributed by atoms with van der Waals surface area (Å²) < 4.78 is 0. The minimum absolute atomic E-state index is 0.0833. The number of hydroxylamine groups is 2. The topological polar surface area (TPSA) is 40.5 Å². The molecule has 0 saturated carbocycles. The third kappa shape index (κ3) is 1.25. The summed E-state index contributed by atoms with van der Waals surface area (Å²) in [6, 6.07) is -0.322. The van der Waals surface area contributed by atoms with E-state index in [0.29, 0.717) is 6.54 Å². The standard InChI is InChI=1S/C7H11NO2/c1-2-7(9)6-4-3-5-8(6)10/h2,6,10H,1,3-5H2. The molecule has 1 aliphatic heterocycles. The van der Waals surface area contributed by atoms with Crippen molar-refractivity contribution in [3.8, 4) is 0 Å². The second-order valence-electron chi connectivity index (χ2n) is 2.43. The first-order chi connectivity index (χ1) is 4.75. The van der Waals surface area contributed by atoms with E-state index in [2.05, 4.69) is 6.58 Å². The molecule has 1 saturated heterocycles. The lowest BCUT2D eigenvalue weighted by atomic mass is 10.1. The summed E-state index contributed by atoms with van der Waals surface area (Å²) in [5, 5.41) is 10.1. The van der Waals surface area contributed by atoms with Gasteiger partial charge in [0.2, 0.25) is 0 Å². The van der Waals surface area contributed by atoms with E-state index in [4.69, 9.17) is 5.21 Å². The molecule has 1 aliphatic rings. The van der Waals surface area contributed by atoms with Gasteiger partial charge < -0.3 is 5.21 Å². The van der Waals surface area contributed by atoms with E-state index in [-0.39, 0.29) is 11.8 Å². The molecular weight excluding hydrogens is 130 g/mol. The maximum absolute atomic E-state index is 10.9. The molecule has 0 aliphatic carbocycles. The largest absolute Gasteiger partial charge is 0.313 e. The predicted octanol–water partition coefficient (Wildman–Crippen LogP) is 0.595. The molecule has 1 N–H and O–H groups in total. The van der Waals surface area contributed by atoms with Crippen molar-refractivity contribution in [1.82, 2.24) is 5.06 Å². The van der Waals surface area contributed by atoms with Crippen LogP contribution in [0.5, 0.6) is 0 Å². The molecule has 1 fully saturated rings. The smallest absolute Gasteiger partial charge is 0.174 e. The average molecular weight is 141 g/mol. The summed E-state index contributed by atoms with van der Waals surface area (Å²) in [6.45, 7) is 3.95.